The van der Waals surface area contributed by atoms with Crippen LogP contribution in [0.25, 0.3) is 33.5 Å². The second kappa shape index (κ2) is 12.3. The second-order valence-electron chi connectivity index (χ2n) is 11.9. The van der Waals surface area contributed by atoms with E-state index >= 15 is 0 Å². The van der Waals surface area contributed by atoms with Gasteiger partial charge in [-0.25, -0.2) is 22.4 Å². The van der Waals surface area contributed by atoms with Crippen LogP contribution in [0.2, 0.25) is 0 Å². The molecule has 11 heteroatoms. The number of ether oxygens (including phenoxy) is 1. The average Bonchev–Trinajstić information content (AvgIpc) is 3.43. The maximum Gasteiger partial charge on any atom is 0.269 e. The summed E-state index contributed by atoms with van der Waals surface area (Å²) in [6.07, 6.45) is 3.34. The molecule has 0 aliphatic carbocycles. The number of carbonyl (C=O) groups excluding carboxylic acids is 1. The van der Waals surface area contributed by atoms with Gasteiger partial charge in [-0.2, -0.15) is 0 Å². The molecular weight excluding hydrogens is 602 g/mol. The standard InChI is InChI=1S/C35H37N5O5S/c1-21-6-9-27(10-7-21)46(43,44)40-20-30(24-8-11-28(22(2)14-24)35(42)39(4)19-23(3)41)33-34(40)37-18-31(38-33)26-15-25-12-13-36-17-29(25)32(16-26)45-5/h6-11,14-16,18,20,23,36,41H,12-13,17,19H2,1-5H3/t23-/m0/s1. The SMILES string of the molecule is COc1cc(-c2cnc3c(n2)c(-c2ccc(C(=O)N(C)C[C@H](C)O)c(C)c2)cn3S(=O)(=O)c2ccc(C)cc2)cc2c1CNCC2. The number of aromatic nitrogens is 3. The predicted molar refractivity (Wildman–Crippen MR) is 178 cm³/mol. The lowest BCUT2D eigenvalue weighted by Crippen LogP contribution is -2.33. The monoisotopic (exact) mass is 639 g/mol. The van der Waals surface area contributed by atoms with Crippen molar-refractivity contribution in [2.75, 3.05) is 27.2 Å². The normalized spacial score (nSPS) is 13.8. The van der Waals surface area contributed by atoms with E-state index in [1.165, 1.54) is 14.4 Å². The lowest BCUT2D eigenvalue weighted by atomic mass is 9.96. The number of benzene rings is 3. The number of nitrogens with zero attached hydrogens (tertiary/aromatic N) is 4. The summed E-state index contributed by atoms with van der Waals surface area (Å²) in [4.78, 5) is 24.4. The van der Waals surface area contributed by atoms with E-state index < -0.39 is 16.1 Å². The molecule has 0 saturated heterocycles. The highest BCUT2D eigenvalue weighted by molar-refractivity contribution is 7.90. The highest BCUT2D eigenvalue weighted by atomic mass is 32.2. The van der Waals surface area contributed by atoms with Gasteiger partial charge >= 0.3 is 0 Å². The molecule has 2 aromatic heterocycles. The average molecular weight is 640 g/mol. The molecule has 0 bridgehead atoms. The molecule has 0 spiro atoms. The molecule has 1 atom stereocenters. The Morgan fingerprint density at radius 3 is 2.57 bits per heavy atom. The molecule has 0 radical (unpaired) electrons. The van der Waals surface area contributed by atoms with Gasteiger partial charge in [-0.15, -0.1) is 0 Å². The summed E-state index contributed by atoms with van der Waals surface area (Å²) in [7, 11) is -0.725. The Labute approximate surface area is 268 Å². The molecular formula is C35H37N5O5S. The summed E-state index contributed by atoms with van der Waals surface area (Å²) in [6.45, 7) is 7.15. The second-order valence-corrected chi connectivity index (χ2v) is 13.7. The summed E-state index contributed by atoms with van der Waals surface area (Å²) in [5.41, 5.74) is 7.71. The maximum absolute atomic E-state index is 14.0. The van der Waals surface area contributed by atoms with Crippen LogP contribution in [0.5, 0.6) is 5.75 Å². The van der Waals surface area contributed by atoms with E-state index in [-0.39, 0.29) is 23.0 Å². The van der Waals surface area contributed by atoms with Crippen LogP contribution in [-0.2, 0) is 23.0 Å². The number of nitrogens with one attached hydrogen (secondary N) is 1. The summed E-state index contributed by atoms with van der Waals surface area (Å²) >= 11 is 0. The number of aliphatic hydroxyl groups is 1. The molecule has 6 rings (SSSR count). The Balaban J connectivity index is 1.52. The van der Waals surface area contributed by atoms with E-state index in [1.54, 1.807) is 69.9 Å². The van der Waals surface area contributed by atoms with Gasteiger partial charge in [0.05, 0.1) is 30.0 Å². The molecule has 10 nitrogen and oxygen atoms in total. The van der Waals surface area contributed by atoms with Crippen LogP contribution in [0.1, 0.15) is 39.5 Å². The van der Waals surface area contributed by atoms with Gasteiger partial charge < -0.3 is 20.1 Å². The quantitative estimate of drug-likeness (QED) is 0.250. The fourth-order valence-corrected chi connectivity index (χ4v) is 7.28. The van der Waals surface area contributed by atoms with Crippen molar-refractivity contribution in [2.24, 2.45) is 0 Å². The first kappa shape index (κ1) is 31.4. The van der Waals surface area contributed by atoms with Crippen LogP contribution in [0.3, 0.4) is 0 Å². The van der Waals surface area contributed by atoms with E-state index in [9.17, 15) is 18.3 Å². The molecule has 0 unspecified atom stereocenters. The summed E-state index contributed by atoms with van der Waals surface area (Å²) < 4.78 is 34.9. The summed E-state index contributed by atoms with van der Waals surface area (Å²) in [5, 5.41) is 13.2. The number of likely N-dealkylation sites (N-methyl/N-ethyl adjacent to an activating group) is 1. The number of fused-ring (bicyclic) bond motifs is 2. The lowest BCUT2D eigenvalue weighted by Gasteiger charge is -2.21. The minimum Gasteiger partial charge on any atom is -0.496 e. The van der Waals surface area contributed by atoms with Gasteiger partial charge in [0, 0.05) is 48.6 Å². The van der Waals surface area contributed by atoms with Gasteiger partial charge in [0.1, 0.15) is 11.3 Å². The fourth-order valence-electron chi connectivity index (χ4n) is 5.97. The van der Waals surface area contributed by atoms with Gasteiger partial charge in [0.2, 0.25) is 0 Å². The molecule has 238 valence electrons. The Kier molecular flexibility index (Phi) is 8.41. The number of aliphatic hydroxyl groups excluding tert-OH is 1. The highest BCUT2D eigenvalue weighted by Crippen LogP contribution is 2.36. The maximum atomic E-state index is 14.0. The van der Waals surface area contributed by atoms with Gasteiger partial charge in [-0.05, 0) is 80.8 Å². The van der Waals surface area contributed by atoms with Gasteiger partial charge in [0.15, 0.2) is 5.65 Å². The highest BCUT2D eigenvalue weighted by Gasteiger charge is 2.26. The topological polar surface area (TPSA) is 127 Å². The molecule has 3 aromatic carbocycles. The number of methoxy groups -OCH3 is 1. The van der Waals surface area contributed by atoms with Crippen molar-refractivity contribution in [3.05, 3.63) is 94.8 Å². The molecule has 1 aliphatic rings. The van der Waals surface area contributed by atoms with E-state index in [1.807, 2.05) is 26.0 Å². The Morgan fingerprint density at radius 2 is 1.87 bits per heavy atom. The summed E-state index contributed by atoms with van der Waals surface area (Å²) in [6, 6.07) is 16.1. The molecule has 1 amide bonds. The minimum absolute atomic E-state index is 0.138. The number of hydrogen-bond donors (Lipinski definition) is 2. The van der Waals surface area contributed by atoms with Gasteiger partial charge in [0.25, 0.3) is 15.9 Å². The van der Waals surface area contributed by atoms with E-state index in [4.69, 9.17) is 9.72 Å². The first-order valence-corrected chi connectivity index (χ1v) is 16.6. The number of amides is 1. The van der Waals surface area contributed by atoms with Crippen molar-refractivity contribution in [1.29, 1.82) is 0 Å². The number of hydrogen-bond acceptors (Lipinski definition) is 8. The molecule has 0 fully saturated rings. The van der Waals surface area contributed by atoms with Crippen molar-refractivity contribution >= 4 is 27.1 Å². The molecule has 46 heavy (non-hydrogen) atoms. The van der Waals surface area contributed by atoms with Crippen LogP contribution < -0.4 is 10.1 Å². The molecule has 1 aliphatic heterocycles. The fraction of sp³-hybridized carbons (Fsp3) is 0.286. The smallest absolute Gasteiger partial charge is 0.269 e. The summed E-state index contributed by atoms with van der Waals surface area (Å²) in [5.74, 6) is 0.547. The zero-order valence-electron chi connectivity index (χ0n) is 26.5. The number of rotatable bonds is 8. The van der Waals surface area contributed by atoms with E-state index in [0.717, 1.165) is 42.0 Å². The number of aryl methyl sites for hydroxylation is 2. The third-order valence-electron chi connectivity index (χ3n) is 8.38. The van der Waals surface area contributed by atoms with E-state index in [2.05, 4.69) is 16.4 Å². The molecule has 5 aromatic rings. The molecule has 0 saturated carbocycles. The lowest BCUT2D eigenvalue weighted by molar-refractivity contribution is 0.0703. The minimum atomic E-state index is -4.02. The van der Waals surface area contributed by atoms with E-state index in [0.29, 0.717) is 33.5 Å². The largest absolute Gasteiger partial charge is 0.496 e. The van der Waals surface area contributed by atoms with Crippen LogP contribution >= 0.6 is 0 Å². The van der Waals surface area contributed by atoms with Gasteiger partial charge in [-0.1, -0.05) is 29.8 Å². The third-order valence-corrected chi connectivity index (χ3v) is 10.0. The predicted octanol–water partition coefficient (Wildman–Crippen LogP) is 4.73. The van der Waals surface area contributed by atoms with Crippen LogP contribution in [0, 0.1) is 13.8 Å². The zero-order valence-corrected chi connectivity index (χ0v) is 27.4. The number of carbonyl (C=O) groups is 1. The van der Waals surface area contributed by atoms with Crippen molar-refractivity contribution in [1.82, 2.24) is 24.2 Å². The molecule has 3 heterocycles. The first-order valence-electron chi connectivity index (χ1n) is 15.1. The molecule has 2 N–H and O–H groups in total. The van der Waals surface area contributed by atoms with Gasteiger partial charge in [-0.3, -0.25) is 4.79 Å². The van der Waals surface area contributed by atoms with Crippen molar-refractivity contribution in [3.63, 3.8) is 0 Å². The van der Waals surface area contributed by atoms with Crippen molar-refractivity contribution < 1.29 is 23.1 Å². The first-order chi connectivity index (χ1) is 22.0. The van der Waals surface area contributed by atoms with Crippen molar-refractivity contribution in [3.8, 4) is 28.1 Å². The Hall–Kier alpha value is -4.58. The van der Waals surface area contributed by atoms with Crippen LogP contribution in [-0.4, -0.2) is 71.6 Å². The third kappa shape index (κ3) is 5.77. The zero-order chi connectivity index (χ0) is 32.7. The Morgan fingerprint density at radius 1 is 1.11 bits per heavy atom. The van der Waals surface area contributed by atoms with Crippen molar-refractivity contribution in [2.45, 2.75) is 44.7 Å². The van der Waals surface area contributed by atoms with Crippen LogP contribution in [0.15, 0.2) is 71.9 Å². The Bertz CT molecular complexity index is 2050. The van der Waals surface area contributed by atoms with Crippen LogP contribution in [0.4, 0.5) is 0 Å².